The maximum atomic E-state index is 11.8. The lowest BCUT2D eigenvalue weighted by molar-refractivity contribution is 0.0882. The number of benzene rings is 1. The van der Waals surface area contributed by atoms with Crippen molar-refractivity contribution in [2.45, 2.75) is 12.8 Å². The molecule has 0 N–H and O–H groups in total. The van der Waals surface area contributed by atoms with E-state index in [1.54, 1.807) is 6.20 Å². The van der Waals surface area contributed by atoms with Gasteiger partial charge in [-0.2, -0.15) is 0 Å². The molecule has 0 aliphatic carbocycles. The summed E-state index contributed by atoms with van der Waals surface area (Å²) in [4.78, 5) is 16.0. The number of ether oxygens (including phenoxy) is 1. The van der Waals surface area contributed by atoms with Gasteiger partial charge in [0.1, 0.15) is 0 Å². The molecule has 0 fully saturated rings. The molecule has 0 saturated heterocycles. The Morgan fingerprint density at radius 1 is 1.00 bits per heavy atom. The third-order valence-corrected chi connectivity index (χ3v) is 2.80. The Hall–Kier alpha value is -2.00. The van der Waals surface area contributed by atoms with Crippen molar-refractivity contribution in [3.05, 3.63) is 66.0 Å². The van der Waals surface area contributed by atoms with Gasteiger partial charge < -0.3 is 4.74 Å². The zero-order chi connectivity index (χ0) is 13.3. The van der Waals surface area contributed by atoms with Crippen LogP contribution in [0.1, 0.15) is 22.5 Å². The molecule has 0 atom stereocenters. The molecule has 0 aliphatic heterocycles. The number of rotatable bonds is 7. The van der Waals surface area contributed by atoms with Gasteiger partial charge in [0.2, 0.25) is 0 Å². The van der Waals surface area contributed by atoms with Crippen LogP contribution >= 0.6 is 0 Å². The van der Waals surface area contributed by atoms with E-state index in [2.05, 4.69) is 4.98 Å². The molecule has 1 aromatic heterocycles. The van der Waals surface area contributed by atoms with Crippen LogP contribution in [-0.4, -0.2) is 24.0 Å². The van der Waals surface area contributed by atoms with Gasteiger partial charge in [-0.1, -0.05) is 36.4 Å². The molecule has 1 heterocycles. The van der Waals surface area contributed by atoms with Crippen molar-refractivity contribution in [2.24, 2.45) is 0 Å². The normalized spacial score (nSPS) is 10.3. The molecule has 19 heavy (non-hydrogen) atoms. The quantitative estimate of drug-likeness (QED) is 0.564. The first-order chi connectivity index (χ1) is 9.36. The summed E-state index contributed by atoms with van der Waals surface area (Å²) in [6, 6.07) is 15.1. The van der Waals surface area contributed by atoms with E-state index in [0.29, 0.717) is 19.6 Å². The largest absolute Gasteiger partial charge is 0.381 e. The van der Waals surface area contributed by atoms with E-state index in [4.69, 9.17) is 4.74 Å². The van der Waals surface area contributed by atoms with E-state index < -0.39 is 0 Å². The van der Waals surface area contributed by atoms with E-state index in [0.717, 1.165) is 17.7 Å². The minimum Gasteiger partial charge on any atom is -0.381 e. The maximum Gasteiger partial charge on any atom is 0.165 e. The second kappa shape index (κ2) is 7.44. The summed E-state index contributed by atoms with van der Waals surface area (Å²) in [6.07, 6.45) is 2.97. The second-order valence-electron chi connectivity index (χ2n) is 4.22. The van der Waals surface area contributed by atoms with Gasteiger partial charge in [-0.15, -0.1) is 0 Å². The Balaban J connectivity index is 1.63. The van der Waals surface area contributed by atoms with Crippen LogP contribution in [0.4, 0.5) is 0 Å². The van der Waals surface area contributed by atoms with Crippen molar-refractivity contribution < 1.29 is 9.53 Å². The highest BCUT2D eigenvalue weighted by Crippen LogP contribution is 2.03. The molecule has 1 aromatic carbocycles. The van der Waals surface area contributed by atoms with Crippen LogP contribution in [0, 0.1) is 0 Å². The van der Waals surface area contributed by atoms with Crippen molar-refractivity contribution in [2.75, 3.05) is 13.2 Å². The lowest BCUT2D eigenvalue weighted by Crippen LogP contribution is -2.07. The first kappa shape index (κ1) is 13.4. The SMILES string of the molecule is O=C(CCOCCc1ccccn1)c1ccccc1. The lowest BCUT2D eigenvalue weighted by atomic mass is 10.1. The molecule has 0 radical (unpaired) electrons. The number of pyridine rings is 1. The van der Waals surface area contributed by atoms with Crippen molar-refractivity contribution in [1.82, 2.24) is 4.98 Å². The number of nitrogens with zero attached hydrogens (tertiary/aromatic N) is 1. The summed E-state index contributed by atoms with van der Waals surface area (Å²) in [5.41, 5.74) is 1.76. The van der Waals surface area contributed by atoms with Crippen LogP contribution in [-0.2, 0) is 11.2 Å². The summed E-state index contributed by atoms with van der Waals surface area (Å²) in [6.45, 7) is 1.06. The standard InChI is InChI=1S/C16H17NO2/c18-16(14-6-2-1-3-7-14)10-13-19-12-9-15-8-4-5-11-17-15/h1-8,11H,9-10,12-13H2. The molecule has 98 valence electrons. The average Bonchev–Trinajstić information content (AvgIpc) is 2.49. The average molecular weight is 255 g/mol. The van der Waals surface area contributed by atoms with Gasteiger partial charge in [0.15, 0.2) is 5.78 Å². The van der Waals surface area contributed by atoms with Crippen LogP contribution in [0.3, 0.4) is 0 Å². The van der Waals surface area contributed by atoms with Gasteiger partial charge in [-0.3, -0.25) is 9.78 Å². The summed E-state index contributed by atoms with van der Waals surface area (Å²) in [5, 5.41) is 0. The highest BCUT2D eigenvalue weighted by atomic mass is 16.5. The molecule has 0 amide bonds. The fourth-order valence-corrected chi connectivity index (χ4v) is 1.76. The van der Waals surface area contributed by atoms with Gasteiger partial charge in [-0.05, 0) is 12.1 Å². The molecule has 2 rings (SSSR count). The molecular weight excluding hydrogens is 238 g/mol. The minimum absolute atomic E-state index is 0.124. The summed E-state index contributed by atoms with van der Waals surface area (Å²) < 4.78 is 5.47. The Kier molecular flexibility index (Phi) is 5.26. The number of aromatic nitrogens is 1. The molecule has 0 spiro atoms. The van der Waals surface area contributed by atoms with E-state index in [-0.39, 0.29) is 5.78 Å². The van der Waals surface area contributed by atoms with E-state index >= 15 is 0 Å². The van der Waals surface area contributed by atoms with Crippen LogP contribution in [0.2, 0.25) is 0 Å². The molecule has 0 saturated carbocycles. The Bertz CT molecular complexity index is 497. The van der Waals surface area contributed by atoms with Gasteiger partial charge in [0.05, 0.1) is 13.2 Å². The van der Waals surface area contributed by atoms with Crippen LogP contribution in [0.15, 0.2) is 54.7 Å². The predicted octanol–water partition coefficient (Wildman–Crippen LogP) is 2.91. The number of carbonyl (C=O) groups excluding carboxylic acids is 1. The van der Waals surface area contributed by atoms with E-state index in [9.17, 15) is 4.79 Å². The number of Topliss-reactive ketones (excluding diaryl/α,β-unsaturated/α-hetero) is 1. The Morgan fingerprint density at radius 3 is 2.53 bits per heavy atom. The minimum atomic E-state index is 0.124. The topological polar surface area (TPSA) is 39.2 Å². The van der Waals surface area contributed by atoms with Gasteiger partial charge in [0, 0.05) is 30.3 Å². The predicted molar refractivity (Wildman–Crippen MR) is 74.1 cm³/mol. The third-order valence-electron chi connectivity index (χ3n) is 2.80. The van der Waals surface area contributed by atoms with Crippen molar-refractivity contribution in [3.63, 3.8) is 0 Å². The fourth-order valence-electron chi connectivity index (χ4n) is 1.76. The number of carbonyl (C=O) groups is 1. The van der Waals surface area contributed by atoms with Gasteiger partial charge >= 0.3 is 0 Å². The molecule has 0 unspecified atom stereocenters. The zero-order valence-electron chi connectivity index (χ0n) is 10.8. The molecule has 2 aromatic rings. The molecule has 0 bridgehead atoms. The van der Waals surface area contributed by atoms with Gasteiger partial charge in [-0.25, -0.2) is 0 Å². The lowest BCUT2D eigenvalue weighted by Gasteiger charge is -2.04. The highest BCUT2D eigenvalue weighted by Gasteiger charge is 2.04. The summed E-state index contributed by atoms with van der Waals surface area (Å²) in [5.74, 6) is 0.124. The van der Waals surface area contributed by atoms with Crippen molar-refractivity contribution in [1.29, 1.82) is 0 Å². The number of hydrogen-bond acceptors (Lipinski definition) is 3. The van der Waals surface area contributed by atoms with Crippen molar-refractivity contribution >= 4 is 5.78 Å². The first-order valence-electron chi connectivity index (χ1n) is 6.42. The summed E-state index contributed by atoms with van der Waals surface area (Å²) >= 11 is 0. The highest BCUT2D eigenvalue weighted by molar-refractivity contribution is 5.96. The van der Waals surface area contributed by atoms with Gasteiger partial charge in [0.25, 0.3) is 0 Å². The van der Waals surface area contributed by atoms with Crippen molar-refractivity contribution in [3.8, 4) is 0 Å². The first-order valence-corrected chi connectivity index (χ1v) is 6.42. The Labute approximate surface area is 113 Å². The molecule has 0 aliphatic rings. The van der Waals surface area contributed by atoms with Crippen LogP contribution in [0.5, 0.6) is 0 Å². The molecule has 3 nitrogen and oxygen atoms in total. The van der Waals surface area contributed by atoms with E-state index in [1.807, 2.05) is 48.5 Å². The number of hydrogen-bond donors (Lipinski definition) is 0. The van der Waals surface area contributed by atoms with E-state index in [1.165, 1.54) is 0 Å². The monoisotopic (exact) mass is 255 g/mol. The Morgan fingerprint density at radius 2 is 1.79 bits per heavy atom. The fraction of sp³-hybridized carbons (Fsp3) is 0.250. The smallest absolute Gasteiger partial charge is 0.165 e. The second-order valence-corrected chi connectivity index (χ2v) is 4.22. The zero-order valence-corrected chi connectivity index (χ0v) is 10.8. The molecule has 3 heteroatoms. The third kappa shape index (κ3) is 4.64. The molecular formula is C16H17NO2. The van der Waals surface area contributed by atoms with Crippen LogP contribution < -0.4 is 0 Å². The van der Waals surface area contributed by atoms with Crippen LogP contribution in [0.25, 0.3) is 0 Å². The summed E-state index contributed by atoms with van der Waals surface area (Å²) in [7, 11) is 0. The maximum absolute atomic E-state index is 11.8. The number of ketones is 1.